The van der Waals surface area contributed by atoms with Gasteiger partial charge in [0.05, 0.1) is 16.0 Å². The molecule has 0 aliphatic rings. The highest BCUT2D eigenvalue weighted by Gasteiger charge is 2.23. The van der Waals surface area contributed by atoms with E-state index in [1.807, 2.05) is 0 Å². The van der Waals surface area contributed by atoms with Crippen LogP contribution in [-0.4, -0.2) is 10.0 Å². The van der Waals surface area contributed by atoms with E-state index in [1.54, 1.807) is 0 Å². The highest BCUT2D eigenvalue weighted by Crippen LogP contribution is 2.42. The third-order valence-electron chi connectivity index (χ3n) is 2.41. The van der Waals surface area contributed by atoms with Crippen molar-refractivity contribution in [2.24, 2.45) is 0 Å². The predicted octanol–water partition coefficient (Wildman–Crippen LogP) is 4.29. The number of nitro groups is 1. The van der Waals surface area contributed by atoms with Gasteiger partial charge in [-0.05, 0) is 19.1 Å². The Labute approximate surface area is 122 Å². The van der Waals surface area contributed by atoms with E-state index in [4.69, 9.17) is 16.3 Å². The molecule has 1 aromatic carbocycles. The number of nitrogens with zero attached hydrogens (tertiary/aromatic N) is 1. The Morgan fingerprint density at radius 3 is 2.75 bits per heavy atom. The fraction of sp³-hybridized carbons (Fsp3) is 0.167. The maximum atomic E-state index is 13.3. The molecule has 20 heavy (non-hydrogen) atoms. The van der Waals surface area contributed by atoms with Crippen LogP contribution in [-0.2, 0) is 0 Å². The number of aliphatic hydroxyl groups excluding tert-OH is 1. The smallest absolute Gasteiger partial charge is 0.323 e. The van der Waals surface area contributed by atoms with Gasteiger partial charge in [-0.3, -0.25) is 10.1 Å². The molecule has 8 heteroatoms. The maximum absolute atomic E-state index is 13.3. The normalized spacial score (nSPS) is 12.2. The zero-order valence-electron chi connectivity index (χ0n) is 10.2. The average Bonchev–Trinajstić information content (AvgIpc) is 2.78. The Balaban J connectivity index is 2.36. The standard InChI is InChI=1S/C12H9ClFNO4S/c1-6(16)11-5-10(15(17)18)12(20-11)19-7-2-3-8(13)9(14)4-7/h2-6,16H,1H3. The molecule has 1 aromatic heterocycles. The number of thiophene rings is 1. The molecule has 0 bridgehead atoms. The summed E-state index contributed by atoms with van der Waals surface area (Å²) in [5.74, 6) is -0.590. The van der Waals surface area contributed by atoms with Gasteiger partial charge in [-0.1, -0.05) is 22.9 Å². The lowest BCUT2D eigenvalue weighted by Gasteiger charge is -2.03. The summed E-state index contributed by atoms with van der Waals surface area (Å²) in [5, 5.41) is 20.3. The van der Waals surface area contributed by atoms with Gasteiger partial charge in [-0.2, -0.15) is 0 Å². The van der Waals surface area contributed by atoms with Crippen molar-refractivity contribution in [3.63, 3.8) is 0 Å². The van der Waals surface area contributed by atoms with Gasteiger partial charge < -0.3 is 9.84 Å². The van der Waals surface area contributed by atoms with Gasteiger partial charge in [0.2, 0.25) is 0 Å². The van der Waals surface area contributed by atoms with Gasteiger partial charge in [0.25, 0.3) is 5.06 Å². The molecule has 5 nitrogen and oxygen atoms in total. The molecule has 0 spiro atoms. The zero-order chi connectivity index (χ0) is 14.9. The van der Waals surface area contributed by atoms with Crippen molar-refractivity contribution in [3.8, 4) is 10.8 Å². The molecule has 1 atom stereocenters. The largest absolute Gasteiger partial charge is 0.440 e. The van der Waals surface area contributed by atoms with Crippen molar-refractivity contribution in [2.75, 3.05) is 0 Å². The summed E-state index contributed by atoms with van der Waals surface area (Å²) >= 11 is 6.47. The molecule has 0 saturated carbocycles. The number of benzene rings is 1. The Morgan fingerprint density at radius 1 is 1.50 bits per heavy atom. The van der Waals surface area contributed by atoms with Crippen LogP contribution in [0.2, 0.25) is 5.02 Å². The molecular weight excluding hydrogens is 309 g/mol. The van der Waals surface area contributed by atoms with Crippen LogP contribution in [0.3, 0.4) is 0 Å². The van der Waals surface area contributed by atoms with E-state index in [1.165, 1.54) is 25.1 Å². The van der Waals surface area contributed by atoms with Gasteiger partial charge in [-0.25, -0.2) is 4.39 Å². The maximum Gasteiger partial charge on any atom is 0.323 e. The van der Waals surface area contributed by atoms with Crippen molar-refractivity contribution in [1.29, 1.82) is 0 Å². The first-order valence-corrected chi connectivity index (χ1v) is 6.67. The van der Waals surface area contributed by atoms with E-state index in [0.717, 1.165) is 17.4 Å². The summed E-state index contributed by atoms with van der Waals surface area (Å²) in [6.07, 6.45) is -0.849. The van der Waals surface area contributed by atoms with Crippen molar-refractivity contribution in [2.45, 2.75) is 13.0 Å². The minimum absolute atomic E-state index is 0.0207. The molecule has 2 aromatic rings. The van der Waals surface area contributed by atoms with Gasteiger partial charge >= 0.3 is 5.69 Å². The Kier molecular flexibility index (Phi) is 4.22. The topological polar surface area (TPSA) is 72.6 Å². The number of aliphatic hydroxyl groups is 1. The summed E-state index contributed by atoms with van der Waals surface area (Å²) in [5.41, 5.74) is -0.277. The lowest BCUT2D eigenvalue weighted by atomic mass is 10.3. The van der Waals surface area contributed by atoms with Gasteiger partial charge in [0.15, 0.2) is 0 Å². The third kappa shape index (κ3) is 3.06. The summed E-state index contributed by atoms with van der Waals surface area (Å²) in [6, 6.07) is 4.96. The highest BCUT2D eigenvalue weighted by molar-refractivity contribution is 7.14. The summed E-state index contributed by atoms with van der Waals surface area (Å²) in [6.45, 7) is 1.49. The van der Waals surface area contributed by atoms with Crippen LogP contribution in [0.4, 0.5) is 10.1 Å². The number of hydrogen-bond donors (Lipinski definition) is 1. The number of halogens is 2. The molecule has 0 amide bonds. The Morgan fingerprint density at radius 2 is 2.20 bits per heavy atom. The first-order valence-electron chi connectivity index (χ1n) is 5.47. The number of rotatable bonds is 4. The second-order valence-electron chi connectivity index (χ2n) is 3.93. The van der Waals surface area contributed by atoms with E-state index < -0.39 is 16.8 Å². The minimum atomic E-state index is -0.849. The first kappa shape index (κ1) is 14.7. The summed E-state index contributed by atoms with van der Waals surface area (Å²) in [7, 11) is 0. The monoisotopic (exact) mass is 317 g/mol. The van der Waals surface area contributed by atoms with Gasteiger partial charge in [0.1, 0.15) is 11.6 Å². The van der Waals surface area contributed by atoms with Crippen molar-refractivity contribution in [1.82, 2.24) is 0 Å². The molecule has 106 valence electrons. The summed E-state index contributed by atoms with van der Waals surface area (Å²) in [4.78, 5) is 10.7. The second-order valence-corrected chi connectivity index (χ2v) is 5.39. The van der Waals surface area contributed by atoms with Crippen LogP contribution in [0.25, 0.3) is 0 Å². The first-order chi connectivity index (χ1) is 9.38. The van der Waals surface area contributed by atoms with Crippen LogP contribution in [0.5, 0.6) is 10.8 Å². The van der Waals surface area contributed by atoms with Crippen LogP contribution >= 0.6 is 22.9 Å². The minimum Gasteiger partial charge on any atom is -0.440 e. The van der Waals surface area contributed by atoms with Crippen LogP contribution in [0, 0.1) is 15.9 Å². The lowest BCUT2D eigenvalue weighted by molar-refractivity contribution is -0.385. The number of hydrogen-bond acceptors (Lipinski definition) is 5. The van der Waals surface area contributed by atoms with E-state index in [-0.39, 0.29) is 21.5 Å². The SMILES string of the molecule is CC(O)c1cc([N+](=O)[O-])c(Oc2ccc(Cl)c(F)c2)s1. The van der Waals surface area contributed by atoms with Crippen molar-refractivity contribution >= 4 is 28.6 Å². The van der Waals surface area contributed by atoms with Gasteiger partial charge in [-0.15, -0.1) is 0 Å². The molecule has 1 heterocycles. The molecule has 0 fully saturated rings. The zero-order valence-corrected chi connectivity index (χ0v) is 11.7. The van der Waals surface area contributed by atoms with Crippen LogP contribution < -0.4 is 4.74 Å². The predicted molar refractivity (Wildman–Crippen MR) is 73.1 cm³/mol. The Bertz CT molecular complexity index is 659. The van der Waals surface area contributed by atoms with E-state index in [9.17, 15) is 19.6 Å². The van der Waals surface area contributed by atoms with E-state index in [2.05, 4.69) is 0 Å². The fourth-order valence-corrected chi connectivity index (χ4v) is 2.48. The summed E-state index contributed by atoms with van der Waals surface area (Å²) < 4.78 is 18.6. The van der Waals surface area contributed by atoms with Crippen LogP contribution in [0.1, 0.15) is 17.9 Å². The third-order valence-corrected chi connectivity index (χ3v) is 3.89. The average molecular weight is 318 g/mol. The molecule has 1 N–H and O–H groups in total. The van der Waals surface area contributed by atoms with Crippen molar-refractivity contribution < 1.29 is 19.2 Å². The van der Waals surface area contributed by atoms with Crippen LogP contribution in [0.15, 0.2) is 24.3 Å². The molecule has 1 unspecified atom stereocenters. The van der Waals surface area contributed by atoms with Crippen molar-refractivity contribution in [3.05, 3.63) is 50.1 Å². The molecule has 0 aliphatic carbocycles. The molecule has 0 radical (unpaired) electrons. The van der Waals surface area contributed by atoms with Gasteiger partial charge in [0, 0.05) is 17.0 Å². The Hall–Kier alpha value is -1.70. The highest BCUT2D eigenvalue weighted by atomic mass is 35.5. The van der Waals surface area contributed by atoms with E-state index in [0.29, 0.717) is 4.88 Å². The second kappa shape index (κ2) is 5.74. The molecule has 0 saturated heterocycles. The molecular formula is C12H9ClFNO4S. The number of ether oxygens (including phenoxy) is 1. The lowest BCUT2D eigenvalue weighted by Crippen LogP contribution is -1.90. The quantitative estimate of drug-likeness (QED) is 0.674. The molecule has 2 rings (SSSR count). The molecule has 0 aliphatic heterocycles. The van der Waals surface area contributed by atoms with E-state index >= 15 is 0 Å². The fourth-order valence-electron chi connectivity index (χ4n) is 1.44.